The maximum atomic E-state index is 9.36. The highest BCUT2D eigenvalue weighted by Crippen LogP contribution is 2.60. The van der Waals surface area contributed by atoms with Crippen molar-refractivity contribution in [3.8, 4) is 11.8 Å². The molecule has 2 aliphatic heterocycles. The lowest BCUT2D eigenvalue weighted by atomic mass is 9.96. The smallest absolute Gasteiger partial charge is 0.142 e. The Balaban J connectivity index is 1.13. The van der Waals surface area contributed by atoms with E-state index in [1.807, 2.05) is 23.5 Å². The minimum absolute atomic E-state index is 0.112. The number of hydrazine groups is 1. The van der Waals surface area contributed by atoms with Crippen LogP contribution in [0.25, 0.3) is 47.7 Å². The van der Waals surface area contributed by atoms with Gasteiger partial charge in [-0.3, -0.25) is 5.01 Å². The molecule has 0 aliphatic carbocycles. The van der Waals surface area contributed by atoms with Gasteiger partial charge in [0.15, 0.2) is 0 Å². The molecule has 2 aromatic heterocycles. The van der Waals surface area contributed by atoms with E-state index in [4.69, 9.17) is 0 Å². The number of anilines is 1. The maximum absolute atomic E-state index is 9.36. The van der Waals surface area contributed by atoms with Gasteiger partial charge < -0.3 is 4.57 Å². The van der Waals surface area contributed by atoms with Crippen molar-refractivity contribution in [3.63, 3.8) is 0 Å². The molecule has 8 aromatic rings. The Hall–Kier alpha value is -5.41. The molecule has 4 nitrogen and oxygen atoms in total. The van der Waals surface area contributed by atoms with Crippen LogP contribution in [0.4, 0.5) is 5.69 Å². The fraction of sp³-hybridized carbons (Fsp3) is 0.0513. The standard InChI is InChI=1S/C39H24N4S/c40-23-24-16-18-25(19-17-24)38-30-12-2-5-14-34(30)42-39(43(38)42)26-8-7-9-27(20-26)41-33-13-4-1-10-28(33)31-22-37-32(21-35(31)41)29-11-3-6-15-36(29)44-37/h1-22,38-39H/t38?,39?,42?,43-/m0/s1. The Morgan fingerprint density at radius 3 is 2.27 bits per heavy atom. The SMILES string of the molecule is N#Cc1ccc(C2c3ccccc3N3C(c4cccc(-n5c6ccccc6c6cc7sc8ccccc8c7cc65)c4)[N@]23)cc1. The molecule has 2 aliphatic rings. The van der Waals surface area contributed by atoms with E-state index in [-0.39, 0.29) is 12.2 Å². The van der Waals surface area contributed by atoms with E-state index in [2.05, 4.69) is 142 Å². The van der Waals surface area contributed by atoms with Gasteiger partial charge in [-0.15, -0.1) is 11.3 Å². The molecule has 0 saturated carbocycles. The highest BCUT2D eigenvalue weighted by Gasteiger charge is 2.57. The maximum Gasteiger partial charge on any atom is 0.142 e. The summed E-state index contributed by atoms with van der Waals surface area (Å²) in [6.45, 7) is 0. The van der Waals surface area contributed by atoms with Gasteiger partial charge in [0.05, 0.1) is 34.4 Å². The average Bonchev–Trinajstić information content (AvgIpc) is 3.37. The highest BCUT2D eigenvalue weighted by atomic mass is 32.1. The fourth-order valence-corrected chi connectivity index (χ4v) is 8.56. The normalized spacial score (nSPS) is 18.6. The molecule has 206 valence electrons. The number of nitriles is 1. The first-order valence-electron chi connectivity index (χ1n) is 14.9. The summed E-state index contributed by atoms with van der Waals surface area (Å²) in [4.78, 5) is 0. The van der Waals surface area contributed by atoms with Crippen molar-refractivity contribution < 1.29 is 0 Å². The number of aromatic nitrogens is 1. The molecule has 1 saturated heterocycles. The Labute approximate surface area is 257 Å². The van der Waals surface area contributed by atoms with Crippen LogP contribution in [0.1, 0.15) is 34.5 Å². The van der Waals surface area contributed by atoms with E-state index in [1.165, 1.54) is 70.0 Å². The lowest BCUT2D eigenvalue weighted by molar-refractivity contribution is 0.446. The van der Waals surface area contributed by atoms with Gasteiger partial charge in [0.1, 0.15) is 6.17 Å². The van der Waals surface area contributed by atoms with Crippen LogP contribution in [0.15, 0.2) is 133 Å². The molecular weight excluding hydrogens is 557 g/mol. The molecule has 44 heavy (non-hydrogen) atoms. The first-order valence-corrected chi connectivity index (χ1v) is 15.7. The van der Waals surface area contributed by atoms with Gasteiger partial charge >= 0.3 is 0 Å². The van der Waals surface area contributed by atoms with Gasteiger partial charge in [0.2, 0.25) is 0 Å². The van der Waals surface area contributed by atoms with Crippen molar-refractivity contribution in [1.29, 1.82) is 5.26 Å². The van der Waals surface area contributed by atoms with Gasteiger partial charge in [0, 0.05) is 42.2 Å². The van der Waals surface area contributed by atoms with Crippen molar-refractivity contribution in [2.24, 2.45) is 0 Å². The highest BCUT2D eigenvalue weighted by molar-refractivity contribution is 7.25. The van der Waals surface area contributed by atoms with Gasteiger partial charge in [-0.25, -0.2) is 0 Å². The second-order valence-corrected chi connectivity index (χ2v) is 12.8. The third-order valence-electron chi connectivity index (χ3n) is 9.37. The second-order valence-electron chi connectivity index (χ2n) is 11.7. The average molecular weight is 581 g/mol. The second kappa shape index (κ2) is 8.81. The molecule has 2 unspecified atom stereocenters. The molecule has 0 spiro atoms. The van der Waals surface area contributed by atoms with Gasteiger partial charge in [-0.05, 0) is 65.7 Å². The Morgan fingerprint density at radius 2 is 1.39 bits per heavy atom. The molecule has 1 fully saturated rings. The van der Waals surface area contributed by atoms with Crippen molar-refractivity contribution in [3.05, 3.63) is 156 Å². The molecule has 3 atom stereocenters. The zero-order chi connectivity index (χ0) is 28.9. The van der Waals surface area contributed by atoms with Gasteiger partial charge in [0.25, 0.3) is 0 Å². The molecule has 6 aromatic carbocycles. The van der Waals surface area contributed by atoms with E-state index >= 15 is 0 Å². The third-order valence-corrected chi connectivity index (χ3v) is 10.5. The van der Waals surface area contributed by atoms with Crippen molar-refractivity contribution in [1.82, 2.24) is 9.58 Å². The van der Waals surface area contributed by atoms with Crippen LogP contribution < -0.4 is 5.01 Å². The van der Waals surface area contributed by atoms with E-state index < -0.39 is 0 Å². The van der Waals surface area contributed by atoms with Crippen LogP contribution in [-0.4, -0.2) is 9.58 Å². The van der Waals surface area contributed by atoms with Crippen LogP contribution >= 0.6 is 11.3 Å². The van der Waals surface area contributed by atoms with E-state index in [0.29, 0.717) is 5.56 Å². The number of hydrogen-bond acceptors (Lipinski definition) is 4. The van der Waals surface area contributed by atoms with E-state index in [1.54, 1.807) is 0 Å². The minimum Gasteiger partial charge on any atom is -0.309 e. The minimum atomic E-state index is 0.112. The zero-order valence-electron chi connectivity index (χ0n) is 23.6. The summed E-state index contributed by atoms with van der Waals surface area (Å²) in [6, 6.07) is 50.4. The predicted molar refractivity (Wildman–Crippen MR) is 180 cm³/mol. The summed E-state index contributed by atoms with van der Waals surface area (Å²) in [5.74, 6) is 0. The summed E-state index contributed by atoms with van der Waals surface area (Å²) >= 11 is 1.87. The summed E-state index contributed by atoms with van der Waals surface area (Å²) in [5.41, 5.74) is 9.33. The topological polar surface area (TPSA) is 34.7 Å². The Kier molecular flexibility index (Phi) is 4.82. The largest absolute Gasteiger partial charge is 0.309 e. The van der Waals surface area contributed by atoms with Crippen molar-refractivity contribution in [2.75, 3.05) is 5.01 Å². The molecule has 0 amide bonds. The monoisotopic (exact) mass is 580 g/mol. The number of hydrogen-bond donors (Lipinski definition) is 0. The van der Waals surface area contributed by atoms with Crippen LogP contribution in [0, 0.1) is 11.3 Å². The number of nitrogens with zero attached hydrogens (tertiary/aromatic N) is 4. The first kappa shape index (κ1) is 24.1. The molecule has 0 N–H and O–H groups in total. The molecular formula is C39H24N4S. The lowest BCUT2D eigenvalue weighted by Crippen LogP contribution is -2.09. The first-order chi connectivity index (χ1) is 21.8. The third kappa shape index (κ3) is 3.24. The van der Waals surface area contributed by atoms with Crippen molar-refractivity contribution in [2.45, 2.75) is 12.2 Å². The van der Waals surface area contributed by atoms with Crippen LogP contribution in [0.3, 0.4) is 0 Å². The summed E-state index contributed by atoms with van der Waals surface area (Å²) in [5, 5.41) is 19.4. The Bertz CT molecular complexity index is 2500. The van der Waals surface area contributed by atoms with Crippen LogP contribution in [0.5, 0.6) is 0 Å². The zero-order valence-corrected chi connectivity index (χ0v) is 24.4. The van der Waals surface area contributed by atoms with Crippen LogP contribution in [0.2, 0.25) is 0 Å². The Morgan fingerprint density at radius 1 is 0.591 bits per heavy atom. The summed E-state index contributed by atoms with van der Waals surface area (Å²) in [7, 11) is 0. The quantitative estimate of drug-likeness (QED) is 0.195. The van der Waals surface area contributed by atoms with E-state index in [9.17, 15) is 5.26 Å². The molecule has 0 bridgehead atoms. The fourth-order valence-electron chi connectivity index (χ4n) is 7.43. The number of thiophene rings is 1. The number of benzene rings is 6. The lowest BCUT2D eigenvalue weighted by Gasteiger charge is -2.17. The van der Waals surface area contributed by atoms with E-state index in [0.717, 1.165) is 0 Å². The van der Waals surface area contributed by atoms with Gasteiger partial charge in [-0.2, -0.15) is 10.3 Å². The summed E-state index contributed by atoms with van der Waals surface area (Å²) in [6.07, 6.45) is 0.145. The number of fused-ring (bicyclic) bond motifs is 9. The molecule has 5 heteroatoms. The van der Waals surface area contributed by atoms with Gasteiger partial charge in [-0.1, -0.05) is 78.9 Å². The van der Waals surface area contributed by atoms with Crippen molar-refractivity contribution >= 4 is 59.0 Å². The number of para-hydroxylation sites is 2. The molecule has 4 heterocycles. The summed E-state index contributed by atoms with van der Waals surface area (Å²) < 4.78 is 5.09. The molecule has 10 rings (SSSR count). The predicted octanol–water partition coefficient (Wildman–Crippen LogP) is 9.86. The van der Waals surface area contributed by atoms with Crippen LogP contribution in [-0.2, 0) is 0 Å². The number of rotatable bonds is 3. The molecule has 0 radical (unpaired) electrons.